The molecule has 0 radical (unpaired) electrons. The van der Waals surface area contributed by atoms with Crippen molar-refractivity contribution >= 4 is 10.9 Å². The van der Waals surface area contributed by atoms with Gasteiger partial charge in [-0.25, -0.2) is 0 Å². The van der Waals surface area contributed by atoms with Gasteiger partial charge in [0.05, 0.1) is 0 Å². The van der Waals surface area contributed by atoms with E-state index in [0.717, 1.165) is 13.0 Å². The van der Waals surface area contributed by atoms with Crippen LogP contribution in [0, 0.1) is 20.8 Å². The predicted octanol–water partition coefficient (Wildman–Crippen LogP) is 3.25. The van der Waals surface area contributed by atoms with E-state index in [1.54, 1.807) is 0 Å². The molecule has 92 valence electrons. The molecule has 2 aromatic rings. The van der Waals surface area contributed by atoms with E-state index >= 15 is 0 Å². The van der Waals surface area contributed by atoms with Crippen molar-refractivity contribution in [3.8, 4) is 0 Å². The Labute approximate surface area is 103 Å². The van der Waals surface area contributed by atoms with E-state index in [-0.39, 0.29) is 0 Å². The Kier molecular flexibility index (Phi) is 3.53. The van der Waals surface area contributed by atoms with Gasteiger partial charge in [-0.3, -0.25) is 0 Å². The minimum absolute atomic E-state index is 1.08. The summed E-state index contributed by atoms with van der Waals surface area (Å²) in [6, 6.07) is 4.51. The van der Waals surface area contributed by atoms with Crippen LogP contribution in [0.4, 0.5) is 0 Å². The second-order valence-corrected chi connectivity index (χ2v) is 4.94. The molecule has 0 aliphatic carbocycles. The number of aryl methyl sites for hydroxylation is 4. The van der Waals surface area contributed by atoms with Crippen LogP contribution in [0.1, 0.15) is 28.8 Å². The van der Waals surface area contributed by atoms with Crippen LogP contribution in [-0.4, -0.2) is 18.6 Å². The summed E-state index contributed by atoms with van der Waals surface area (Å²) >= 11 is 0. The van der Waals surface area contributed by atoms with E-state index in [2.05, 4.69) is 43.2 Å². The maximum atomic E-state index is 3.58. The summed E-state index contributed by atoms with van der Waals surface area (Å²) in [6.07, 6.45) is 2.31. The second kappa shape index (κ2) is 4.92. The van der Waals surface area contributed by atoms with E-state index in [9.17, 15) is 0 Å². The van der Waals surface area contributed by atoms with Gasteiger partial charge in [0, 0.05) is 16.6 Å². The summed E-state index contributed by atoms with van der Waals surface area (Å²) in [5.41, 5.74) is 6.82. The first-order chi connectivity index (χ1) is 8.13. The van der Waals surface area contributed by atoms with Crippen molar-refractivity contribution in [2.75, 3.05) is 13.6 Å². The molecule has 1 heterocycles. The molecular formula is C15H22N2. The minimum atomic E-state index is 1.08. The first kappa shape index (κ1) is 12.2. The normalized spacial score (nSPS) is 11.3. The maximum Gasteiger partial charge on any atom is 0.0464 e. The summed E-state index contributed by atoms with van der Waals surface area (Å²) in [5, 5.41) is 4.61. The number of aromatic nitrogens is 1. The van der Waals surface area contributed by atoms with Crippen molar-refractivity contribution in [1.82, 2.24) is 10.3 Å². The van der Waals surface area contributed by atoms with E-state index in [1.165, 1.54) is 39.7 Å². The zero-order valence-corrected chi connectivity index (χ0v) is 11.3. The van der Waals surface area contributed by atoms with E-state index in [4.69, 9.17) is 0 Å². The van der Waals surface area contributed by atoms with Crippen LogP contribution in [0.2, 0.25) is 0 Å². The molecule has 0 saturated heterocycles. The van der Waals surface area contributed by atoms with E-state index in [1.807, 2.05) is 7.05 Å². The molecule has 1 aromatic carbocycles. The van der Waals surface area contributed by atoms with Crippen molar-refractivity contribution in [2.24, 2.45) is 0 Å². The smallest absolute Gasteiger partial charge is 0.0464 e. The Bertz CT molecular complexity index is 523. The molecule has 0 aliphatic heterocycles. The first-order valence-electron chi connectivity index (χ1n) is 6.36. The van der Waals surface area contributed by atoms with E-state index in [0.29, 0.717) is 0 Å². The maximum absolute atomic E-state index is 3.58. The molecular weight excluding hydrogens is 208 g/mol. The van der Waals surface area contributed by atoms with Crippen LogP contribution in [0.5, 0.6) is 0 Å². The number of aromatic amines is 1. The van der Waals surface area contributed by atoms with Crippen molar-refractivity contribution in [3.63, 3.8) is 0 Å². The molecule has 2 heteroatoms. The molecule has 2 N–H and O–H groups in total. The molecule has 0 amide bonds. The number of benzene rings is 1. The summed E-state index contributed by atoms with van der Waals surface area (Å²) in [7, 11) is 2.01. The number of rotatable bonds is 4. The fraction of sp³-hybridized carbons (Fsp3) is 0.467. The van der Waals surface area contributed by atoms with Crippen LogP contribution < -0.4 is 5.32 Å². The fourth-order valence-electron chi connectivity index (χ4n) is 2.66. The molecule has 0 unspecified atom stereocenters. The van der Waals surface area contributed by atoms with Crippen molar-refractivity contribution in [2.45, 2.75) is 33.6 Å². The summed E-state index contributed by atoms with van der Waals surface area (Å²) in [5.74, 6) is 0. The quantitative estimate of drug-likeness (QED) is 0.775. The van der Waals surface area contributed by atoms with Crippen molar-refractivity contribution in [1.29, 1.82) is 0 Å². The average Bonchev–Trinajstić information content (AvgIpc) is 2.56. The van der Waals surface area contributed by atoms with Crippen molar-refractivity contribution < 1.29 is 0 Å². The van der Waals surface area contributed by atoms with Gasteiger partial charge in [0.15, 0.2) is 0 Å². The Morgan fingerprint density at radius 3 is 2.65 bits per heavy atom. The molecule has 2 nitrogen and oxygen atoms in total. The van der Waals surface area contributed by atoms with E-state index < -0.39 is 0 Å². The van der Waals surface area contributed by atoms with Crippen LogP contribution >= 0.6 is 0 Å². The zero-order valence-electron chi connectivity index (χ0n) is 11.3. The highest BCUT2D eigenvalue weighted by Crippen LogP contribution is 2.26. The number of hydrogen-bond donors (Lipinski definition) is 2. The highest BCUT2D eigenvalue weighted by molar-refractivity contribution is 5.88. The van der Waals surface area contributed by atoms with Gasteiger partial charge in [-0.2, -0.15) is 0 Å². The fourth-order valence-corrected chi connectivity index (χ4v) is 2.66. The van der Waals surface area contributed by atoms with Gasteiger partial charge >= 0.3 is 0 Å². The number of nitrogens with one attached hydrogen (secondary N) is 2. The molecule has 17 heavy (non-hydrogen) atoms. The van der Waals surface area contributed by atoms with Crippen LogP contribution in [0.25, 0.3) is 10.9 Å². The number of fused-ring (bicyclic) bond motifs is 1. The minimum Gasteiger partial charge on any atom is -0.358 e. The highest BCUT2D eigenvalue weighted by Gasteiger charge is 2.09. The van der Waals surface area contributed by atoms with Gasteiger partial charge in [-0.05, 0) is 70.0 Å². The molecule has 0 saturated carbocycles. The molecule has 0 spiro atoms. The van der Waals surface area contributed by atoms with Crippen LogP contribution in [-0.2, 0) is 6.42 Å². The van der Waals surface area contributed by atoms with Gasteiger partial charge < -0.3 is 10.3 Å². The third-order valence-electron chi connectivity index (χ3n) is 3.45. The Morgan fingerprint density at radius 2 is 1.94 bits per heavy atom. The summed E-state index contributed by atoms with van der Waals surface area (Å²) < 4.78 is 0. The molecule has 2 rings (SSSR count). The monoisotopic (exact) mass is 230 g/mol. The number of hydrogen-bond acceptors (Lipinski definition) is 1. The summed E-state index contributed by atoms with van der Waals surface area (Å²) in [6.45, 7) is 7.67. The predicted molar refractivity (Wildman–Crippen MR) is 74.8 cm³/mol. The van der Waals surface area contributed by atoms with Crippen molar-refractivity contribution in [3.05, 3.63) is 34.5 Å². The third-order valence-corrected chi connectivity index (χ3v) is 3.45. The lowest BCUT2D eigenvalue weighted by Crippen LogP contribution is -2.08. The van der Waals surface area contributed by atoms with Crippen LogP contribution in [0.15, 0.2) is 12.1 Å². The molecule has 0 bridgehead atoms. The molecule has 0 fully saturated rings. The molecule has 0 atom stereocenters. The van der Waals surface area contributed by atoms with Gasteiger partial charge in [0.2, 0.25) is 0 Å². The standard InChI is InChI=1S/C15H22N2/c1-10-8-11(2)15-12(3)13(6-5-7-16-4)17-14(15)9-10/h8-9,16-17H,5-7H2,1-4H3. The molecule has 0 aliphatic rings. The SMILES string of the molecule is CNCCCc1[nH]c2cc(C)cc(C)c2c1C. The lowest BCUT2D eigenvalue weighted by atomic mass is 10.0. The average molecular weight is 230 g/mol. The Balaban J connectivity index is 2.39. The number of H-pyrrole nitrogens is 1. The zero-order chi connectivity index (χ0) is 12.4. The van der Waals surface area contributed by atoms with Crippen LogP contribution in [0.3, 0.4) is 0 Å². The van der Waals surface area contributed by atoms with Gasteiger partial charge in [-0.1, -0.05) is 6.07 Å². The van der Waals surface area contributed by atoms with Gasteiger partial charge in [-0.15, -0.1) is 0 Å². The lowest BCUT2D eigenvalue weighted by molar-refractivity contribution is 0.716. The second-order valence-electron chi connectivity index (χ2n) is 4.94. The summed E-state index contributed by atoms with van der Waals surface area (Å²) in [4.78, 5) is 3.58. The first-order valence-corrected chi connectivity index (χ1v) is 6.36. The van der Waals surface area contributed by atoms with Gasteiger partial charge in [0.25, 0.3) is 0 Å². The topological polar surface area (TPSA) is 27.8 Å². The van der Waals surface area contributed by atoms with Gasteiger partial charge in [0.1, 0.15) is 0 Å². The Morgan fingerprint density at radius 1 is 1.18 bits per heavy atom. The lowest BCUT2D eigenvalue weighted by Gasteiger charge is -2.01. The third kappa shape index (κ3) is 2.37. The Hall–Kier alpha value is -1.28. The molecule has 1 aromatic heterocycles. The highest BCUT2D eigenvalue weighted by atomic mass is 14.8. The largest absolute Gasteiger partial charge is 0.358 e.